The fourth-order valence-electron chi connectivity index (χ4n) is 3.47. The average molecular weight is 291 g/mol. The predicted molar refractivity (Wildman–Crippen MR) is 86.6 cm³/mol. The highest BCUT2D eigenvalue weighted by Crippen LogP contribution is 2.32. The van der Waals surface area contributed by atoms with E-state index >= 15 is 0 Å². The molecule has 1 fully saturated rings. The minimum absolute atomic E-state index is 0.0576. The Kier molecular flexibility index (Phi) is 5.85. The Morgan fingerprint density at radius 1 is 1.29 bits per heavy atom. The quantitative estimate of drug-likeness (QED) is 0.791. The van der Waals surface area contributed by atoms with Gasteiger partial charge in [-0.05, 0) is 52.1 Å². The van der Waals surface area contributed by atoms with Crippen LogP contribution in [0.25, 0.3) is 0 Å². The van der Waals surface area contributed by atoms with Crippen molar-refractivity contribution in [3.63, 3.8) is 0 Å². The van der Waals surface area contributed by atoms with Crippen LogP contribution in [-0.2, 0) is 0 Å². The topological polar surface area (TPSA) is 60.1 Å². The summed E-state index contributed by atoms with van der Waals surface area (Å²) in [7, 11) is 0. The summed E-state index contributed by atoms with van der Waals surface area (Å²) in [5, 5.41) is 3.01. The lowest BCUT2D eigenvalue weighted by molar-refractivity contribution is 0.0952. The van der Waals surface area contributed by atoms with Gasteiger partial charge in [-0.1, -0.05) is 19.3 Å². The van der Waals surface area contributed by atoms with E-state index in [1.165, 1.54) is 37.8 Å². The van der Waals surface area contributed by atoms with E-state index in [2.05, 4.69) is 23.7 Å². The van der Waals surface area contributed by atoms with Crippen LogP contribution in [0.4, 0.5) is 0 Å². The van der Waals surface area contributed by atoms with Gasteiger partial charge in [0.2, 0.25) is 0 Å². The Hall–Kier alpha value is -1.29. The minimum atomic E-state index is 0.0576. The van der Waals surface area contributed by atoms with E-state index < -0.39 is 0 Å². The van der Waals surface area contributed by atoms with Crippen molar-refractivity contribution in [2.24, 2.45) is 5.73 Å². The summed E-state index contributed by atoms with van der Waals surface area (Å²) in [5.41, 5.74) is 8.64. The molecular formula is C17H29N3O. The molecule has 0 radical (unpaired) electrons. The number of carbonyl (C=O) groups is 1. The molecule has 0 bridgehead atoms. The maximum Gasteiger partial charge on any atom is 0.253 e. The standard InChI is InChI=1S/C17H29N3O/c1-13-12-16(17(21)19-11-7-6-10-18)14(2)20(13)15-8-4-3-5-9-15/h12,15H,3-11,18H2,1-2H3,(H,19,21). The first-order valence-corrected chi connectivity index (χ1v) is 8.32. The molecule has 1 aliphatic carbocycles. The molecule has 4 nitrogen and oxygen atoms in total. The van der Waals surface area contributed by atoms with Gasteiger partial charge in [0.1, 0.15) is 0 Å². The molecule has 21 heavy (non-hydrogen) atoms. The Balaban J connectivity index is 2.05. The number of nitrogens with one attached hydrogen (secondary N) is 1. The molecule has 0 aliphatic heterocycles. The maximum atomic E-state index is 12.3. The van der Waals surface area contributed by atoms with Crippen LogP contribution in [0.3, 0.4) is 0 Å². The van der Waals surface area contributed by atoms with Crippen molar-refractivity contribution in [2.45, 2.75) is 64.8 Å². The number of amides is 1. The first kappa shape index (κ1) is 16.1. The Labute approximate surface area is 128 Å². The fraction of sp³-hybridized carbons (Fsp3) is 0.706. The molecule has 0 atom stereocenters. The van der Waals surface area contributed by atoms with E-state index in [1.807, 2.05) is 6.07 Å². The first-order chi connectivity index (χ1) is 10.1. The number of rotatable bonds is 6. The molecular weight excluding hydrogens is 262 g/mol. The fourth-order valence-corrected chi connectivity index (χ4v) is 3.47. The summed E-state index contributed by atoms with van der Waals surface area (Å²) in [6.07, 6.45) is 8.36. The van der Waals surface area contributed by atoms with Gasteiger partial charge in [-0.3, -0.25) is 4.79 Å². The van der Waals surface area contributed by atoms with Crippen LogP contribution in [0.1, 0.15) is 72.7 Å². The van der Waals surface area contributed by atoms with Gasteiger partial charge in [-0.15, -0.1) is 0 Å². The third-order valence-electron chi connectivity index (χ3n) is 4.59. The minimum Gasteiger partial charge on any atom is -0.352 e. The third-order valence-corrected chi connectivity index (χ3v) is 4.59. The Morgan fingerprint density at radius 2 is 2.00 bits per heavy atom. The van der Waals surface area contributed by atoms with Crippen LogP contribution in [0.15, 0.2) is 6.07 Å². The zero-order valence-electron chi connectivity index (χ0n) is 13.5. The second-order valence-corrected chi connectivity index (χ2v) is 6.20. The van der Waals surface area contributed by atoms with Crippen molar-refractivity contribution in [3.05, 3.63) is 23.0 Å². The summed E-state index contributed by atoms with van der Waals surface area (Å²) in [4.78, 5) is 12.3. The molecule has 1 saturated carbocycles. The molecule has 0 saturated heterocycles. The lowest BCUT2D eigenvalue weighted by Crippen LogP contribution is -2.25. The largest absolute Gasteiger partial charge is 0.352 e. The number of carbonyl (C=O) groups excluding carboxylic acids is 1. The number of unbranched alkanes of at least 4 members (excludes halogenated alkanes) is 1. The van der Waals surface area contributed by atoms with Crippen molar-refractivity contribution >= 4 is 5.91 Å². The molecule has 3 N–H and O–H groups in total. The number of aryl methyl sites for hydroxylation is 1. The molecule has 0 unspecified atom stereocenters. The van der Waals surface area contributed by atoms with E-state index in [0.29, 0.717) is 19.1 Å². The van der Waals surface area contributed by atoms with Crippen LogP contribution in [0, 0.1) is 13.8 Å². The van der Waals surface area contributed by atoms with Crippen molar-refractivity contribution < 1.29 is 4.79 Å². The van der Waals surface area contributed by atoms with Crippen LogP contribution >= 0.6 is 0 Å². The number of nitrogens with two attached hydrogens (primary N) is 1. The van der Waals surface area contributed by atoms with E-state index in [9.17, 15) is 4.79 Å². The summed E-state index contributed by atoms with van der Waals surface area (Å²) < 4.78 is 2.38. The highest BCUT2D eigenvalue weighted by molar-refractivity contribution is 5.95. The third kappa shape index (κ3) is 3.88. The molecule has 2 rings (SSSR count). The highest BCUT2D eigenvalue weighted by Gasteiger charge is 2.22. The first-order valence-electron chi connectivity index (χ1n) is 8.32. The normalized spacial score (nSPS) is 16.1. The van der Waals surface area contributed by atoms with Crippen LogP contribution in [0.2, 0.25) is 0 Å². The lowest BCUT2D eigenvalue weighted by Gasteiger charge is -2.26. The zero-order chi connectivity index (χ0) is 15.2. The maximum absolute atomic E-state index is 12.3. The lowest BCUT2D eigenvalue weighted by atomic mass is 9.95. The number of aromatic nitrogens is 1. The molecule has 1 heterocycles. The van der Waals surface area contributed by atoms with Gasteiger partial charge in [0, 0.05) is 24.0 Å². The summed E-state index contributed by atoms with van der Waals surface area (Å²) >= 11 is 0. The number of hydrogen-bond acceptors (Lipinski definition) is 2. The van der Waals surface area contributed by atoms with Crippen LogP contribution < -0.4 is 11.1 Å². The molecule has 1 amide bonds. The van der Waals surface area contributed by atoms with Gasteiger partial charge >= 0.3 is 0 Å². The second kappa shape index (κ2) is 7.64. The molecule has 1 aliphatic rings. The highest BCUT2D eigenvalue weighted by atomic mass is 16.1. The average Bonchev–Trinajstić information content (AvgIpc) is 2.79. The van der Waals surface area contributed by atoms with Gasteiger partial charge in [0.05, 0.1) is 5.56 Å². The molecule has 0 aromatic carbocycles. The summed E-state index contributed by atoms with van der Waals surface area (Å²) in [6, 6.07) is 2.62. The Bertz CT molecular complexity index is 473. The van der Waals surface area contributed by atoms with Crippen molar-refractivity contribution in [1.29, 1.82) is 0 Å². The van der Waals surface area contributed by atoms with E-state index in [4.69, 9.17) is 5.73 Å². The van der Waals surface area contributed by atoms with E-state index in [1.54, 1.807) is 0 Å². The summed E-state index contributed by atoms with van der Waals surface area (Å²) in [6.45, 7) is 5.60. The van der Waals surface area contributed by atoms with Crippen LogP contribution in [0.5, 0.6) is 0 Å². The molecule has 1 aromatic rings. The smallest absolute Gasteiger partial charge is 0.253 e. The van der Waals surface area contributed by atoms with Gasteiger partial charge in [0.25, 0.3) is 5.91 Å². The molecule has 118 valence electrons. The second-order valence-electron chi connectivity index (χ2n) is 6.20. The number of nitrogens with zero attached hydrogens (tertiary/aromatic N) is 1. The predicted octanol–water partition coefficient (Wildman–Crippen LogP) is 3.08. The summed E-state index contributed by atoms with van der Waals surface area (Å²) in [5.74, 6) is 0.0576. The van der Waals surface area contributed by atoms with E-state index in [-0.39, 0.29) is 5.91 Å². The number of hydrogen-bond donors (Lipinski definition) is 2. The Morgan fingerprint density at radius 3 is 2.67 bits per heavy atom. The van der Waals surface area contributed by atoms with Crippen LogP contribution in [-0.4, -0.2) is 23.6 Å². The van der Waals surface area contributed by atoms with Gasteiger partial charge < -0.3 is 15.6 Å². The van der Waals surface area contributed by atoms with Gasteiger partial charge in [-0.25, -0.2) is 0 Å². The SMILES string of the molecule is Cc1cc(C(=O)NCCCCN)c(C)n1C1CCCCC1. The van der Waals surface area contributed by atoms with Gasteiger partial charge in [0.15, 0.2) is 0 Å². The molecule has 4 heteroatoms. The van der Waals surface area contributed by atoms with Crippen molar-refractivity contribution in [1.82, 2.24) is 9.88 Å². The van der Waals surface area contributed by atoms with Crippen molar-refractivity contribution in [3.8, 4) is 0 Å². The zero-order valence-corrected chi connectivity index (χ0v) is 13.5. The molecule has 0 spiro atoms. The molecule has 1 aromatic heterocycles. The van der Waals surface area contributed by atoms with E-state index in [0.717, 1.165) is 24.1 Å². The monoisotopic (exact) mass is 291 g/mol. The van der Waals surface area contributed by atoms with Crippen molar-refractivity contribution in [2.75, 3.05) is 13.1 Å². The van der Waals surface area contributed by atoms with Gasteiger partial charge in [-0.2, -0.15) is 0 Å².